The number of methoxy groups -OCH3 is 1. The average Bonchev–Trinajstić information content (AvgIpc) is 3.05. The number of piperidine rings is 1. The number of rotatable bonds is 7. The smallest absolute Gasteiger partial charge is 0.224 e. The molecule has 30 heavy (non-hydrogen) atoms. The fraction of sp³-hybridized carbons (Fsp3) is 0.455. The Kier molecular flexibility index (Phi) is 9.21. The first-order chi connectivity index (χ1) is 13.7. The molecule has 2 unspecified atom stereocenters. The second-order valence-corrected chi connectivity index (χ2v) is 7.74. The molecule has 2 bridgehead atoms. The van der Waals surface area contributed by atoms with E-state index in [0.717, 1.165) is 24.1 Å². The Labute approximate surface area is 190 Å². The summed E-state index contributed by atoms with van der Waals surface area (Å²) in [4.78, 5) is 16.6. The number of anilines is 1. The first kappa shape index (κ1) is 24.3. The van der Waals surface area contributed by atoms with Gasteiger partial charge in [-0.3, -0.25) is 9.78 Å². The summed E-state index contributed by atoms with van der Waals surface area (Å²) in [6.07, 6.45) is 8.78. The zero-order valence-electron chi connectivity index (χ0n) is 17.0. The van der Waals surface area contributed by atoms with Gasteiger partial charge >= 0.3 is 0 Å². The number of amides is 1. The monoisotopic (exact) mass is 453 g/mol. The Morgan fingerprint density at radius 1 is 1.17 bits per heavy atom. The summed E-state index contributed by atoms with van der Waals surface area (Å²) in [5, 5.41) is 6.65. The molecule has 0 aliphatic carbocycles. The van der Waals surface area contributed by atoms with Gasteiger partial charge in [0.15, 0.2) is 11.5 Å². The number of carbonyl (C=O) groups is 1. The van der Waals surface area contributed by atoms with E-state index in [1.165, 1.54) is 12.8 Å². The minimum Gasteiger partial charge on any atom is -0.493 e. The van der Waals surface area contributed by atoms with E-state index in [-0.39, 0.29) is 30.7 Å². The summed E-state index contributed by atoms with van der Waals surface area (Å²) in [5.74, 6) is 1.77. The number of hydrogen-bond acceptors (Lipinski definition) is 5. The summed E-state index contributed by atoms with van der Waals surface area (Å²) in [6, 6.07) is 10.5. The van der Waals surface area contributed by atoms with Crippen LogP contribution in [0.15, 0.2) is 42.7 Å². The molecule has 1 amide bonds. The zero-order chi connectivity index (χ0) is 19.3. The predicted octanol–water partition coefficient (Wildman–Crippen LogP) is 4.37. The highest BCUT2D eigenvalue weighted by Gasteiger charge is 2.34. The Morgan fingerprint density at radius 3 is 2.60 bits per heavy atom. The number of hydrogen-bond donors (Lipinski definition) is 2. The summed E-state index contributed by atoms with van der Waals surface area (Å²) >= 11 is 0. The predicted molar refractivity (Wildman–Crippen MR) is 122 cm³/mol. The molecule has 4 rings (SSSR count). The van der Waals surface area contributed by atoms with E-state index in [1.807, 2.05) is 30.3 Å². The Hall–Kier alpha value is -2.02. The molecule has 8 heteroatoms. The van der Waals surface area contributed by atoms with Crippen LogP contribution < -0.4 is 20.1 Å². The van der Waals surface area contributed by atoms with Gasteiger partial charge in [-0.2, -0.15) is 0 Å². The third kappa shape index (κ3) is 6.24. The number of fused-ring (bicyclic) bond motifs is 2. The topological polar surface area (TPSA) is 72.5 Å². The standard InChI is InChI=1S/C22H27N3O3.2ClH/c1-27-20-7-6-19(12-21(20)28-14-15-3-2-8-23-13-15)25-22(26)11-16-9-17-4-5-18(10-16)24-17;;/h2-3,6-8,12-13,16-18,24H,4-5,9-11,14H2,1H3,(H,25,26);2*1H. The van der Waals surface area contributed by atoms with E-state index in [2.05, 4.69) is 15.6 Å². The average molecular weight is 454 g/mol. The van der Waals surface area contributed by atoms with Crippen LogP contribution >= 0.6 is 24.8 Å². The van der Waals surface area contributed by atoms with Gasteiger partial charge in [0.25, 0.3) is 0 Å². The minimum atomic E-state index is 0. The number of nitrogens with one attached hydrogen (secondary N) is 2. The number of nitrogens with zero attached hydrogens (tertiary/aromatic N) is 1. The van der Waals surface area contributed by atoms with E-state index in [4.69, 9.17) is 9.47 Å². The molecule has 2 aromatic rings. The summed E-state index contributed by atoms with van der Waals surface area (Å²) in [7, 11) is 1.61. The molecule has 0 radical (unpaired) electrons. The first-order valence-corrected chi connectivity index (χ1v) is 9.95. The van der Waals surface area contributed by atoms with Crippen molar-refractivity contribution in [3.63, 3.8) is 0 Å². The third-order valence-corrected chi connectivity index (χ3v) is 5.61. The number of halogens is 2. The maximum Gasteiger partial charge on any atom is 0.224 e. The second-order valence-electron chi connectivity index (χ2n) is 7.74. The van der Waals surface area contributed by atoms with Crippen LogP contribution in [0.3, 0.4) is 0 Å². The Balaban J connectivity index is 0.00000160. The highest BCUT2D eigenvalue weighted by atomic mass is 35.5. The van der Waals surface area contributed by atoms with Gasteiger partial charge in [-0.05, 0) is 49.8 Å². The molecular weight excluding hydrogens is 425 g/mol. The van der Waals surface area contributed by atoms with Gasteiger partial charge in [-0.25, -0.2) is 0 Å². The Bertz CT molecular complexity index is 811. The highest BCUT2D eigenvalue weighted by Crippen LogP contribution is 2.34. The molecule has 1 aromatic carbocycles. The lowest BCUT2D eigenvalue weighted by Gasteiger charge is -2.28. The van der Waals surface area contributed by atoms with Crippen LogP contribution in [0.2, 0.25) is 0 Å². The van der Waals surface area contributed by atoms with Gasteiger partial charge in [-0.15, -0.1) is 24.8 Å². The second kappa shape index (κ2) is 11.4. The highest BCUT2D eigenvalue weighted by molar-refractivity contribution is 5.91. The van der Waals surface area contributed by atoms with E-state index in [9.17, 15) is 4.79 Å². The lowest BCUT2D eigenvalue weighted by molar-refractivity contribution is -0.117. The maximum absolute atomic E-state index is 12.5. The fourth-order valence-corrected chi connectivity index (χ4v) is 4.33. The molecule has 3 heterocycles. The van der Waals surface area contributed by atoms with Gasteiger partial charge in [0.05, 0.1) is 7.11 Å². The van der Waals surface area contributed by atoms with Crippen molar-refractivity contribution in [3.8, 4) is 11.5 Å². The normalized spacial score (nSPS) is 21.7. The molecule has 2 saturated heterocycles. The summed E-state index contributed by atoms with van der Waals surface area (Å²) in [6.45, 7) is 0.388. The molecule has 164 valence electrons. The van der Waals surface area contributed by atoms with Crippen molar-refractivity contribution in [2.45, 2.75) is 50.8 Å². The molecule has 2 fully saturated rings. The van der Waals surface area contributed by atoms with Crippen molar-refractivity contribution in [1.82, 2.24) is 10.3 Å². The van der Waals surface area contributed by atoms with Crippen LogP contribution in [0.4, 0.5) is 5.69 Å². The summed E-state index contributed by atoms with van der Waals surface area (Å²) < 4.78 is 11.3. The zero-order valence-corrected chi connectivity index (χ0v) is 18.6. The maximum atomic E-state index is 12.5. The van der Waals surface area contributed by atoms with Crippen molar-refractivity contribution in [2.24, 2.45) is 5.92 Å². The lowest BCUT2D eigenvalue weighted by atomic mass is 9.89. The molecule has 6 nitrogen and oxygen atoms in total. The molecule has 0 saturated carbocycles. The van der Waals surface area contributed by atoms with Crippen molar-refractivity contribution in [3.05, 3.63) is 48.3 Å². The minimum absolute atomic E-state index is 0. The number of aromatic nitrogens is 1. The van der Waals surface area contributed by atoms with Crippen LogP contribution in [0.1, 0.15) is 37.7 Å². The molecule has 2 N–H and O–H groups in total. The quantitative estimate of drug-likeness (QED) is 0.650. The largest absolute Gasteiger partial charge is 0.493 e. The Morgan fingerprint density at radius 2 is 1.93 bits per heavy atom. The van der Waals surface area contributed by atoms with E-state index in [1.54, 1.807) is 19.5 Å². The lowest BCUT2D eigenvalue weighted by Crippen LogP contribution is -2.39. The molecule has 2 aliphatic rings. The molecular formula is C22H29Cl2N3O3. The van der Waals surface area contributed by atoms with Crippen molar-refractivity contribution < 1.29 is 14.3 Å². The molecule has 2 atom stereocenters. The van der Waals surface area contributed by atoms with Crippen molar-refractivity contribution in [2.75, 3.05) is 12.4 Å². The molecule has 2 aliphatic heterocycles. The van der Waals surface area contributed by atoms with Gasteiger partial charge in [0, 0.05) is 48.2 Å². The molecule has 0 spiro atoms. The van der Waals surface area contributed by atoms with Gasteiger partial charge in [0.2, 0.25) is 5.91 Å². The number of pyridine rings is 1. The van der Waals surface area contributed by atoms with Gasteiger partial charge in [0.1, 0.15) is 6.61 Å². The number of carbonyl (C=O) groups excluding carboxylic acids is 1. The SMILES string of the molecule is COc1ccc(NC(=O)CC2CC3CCC(C2)N3)cc1OCc1cccnc1.Cl.Cl. The van der Waals surface area contributed by atoms with Gasteiger partial charge < -0.3 is 20.1 Å². The van der Waals surface area contributed by atoms with E-state index >= 15 is 0 Å². The number of ether oxygens (including phenoxy) is 2. The van der Waals surface area contributed by atoms with Crippen molar-refractivity contribution in [1.29, 1.82) is 0 Å². The van der Waals surface area contributed by atoms with Crippen LogP contribution in [0.5, 0.6) is 11.5 Å². The van der Waals surface area contributed by atoms with Crippen molar-refractivity contribution >= 4 is 36.4 Å². The van der Waals surface area contributed by atoms with Crippen LogP contribution in [0.25, 0.3) is 0 Å². The van der Waals surface area contributed by atoms with E-state index < -0.39 is 0 Å². The molecule has 1 aromatic heterocycles. The number of benzene rings is 1. The first-order valence-electron chi connectivity index (χ1n) is 9.95. The van der Waals surface area contributed by atoms with Crippen LogP contribution in [0, 0.1) is 5.92 Å². The third-order valence-electron chi connectivity index (χ3n) is 5.61. The summed E-state index contributed by atoms with van der Waals surface area (Å²) in [5.41, 5.74) is 1.70. The fourth-order valence-electron chi connectivity index (χ4n) is 4.33. The van der Waals surface area contributed by atoms with Crippen LogP contribution in [-0.2, 0) is 11.4 Å². The van der Waals surface area contributed by atoms with Gasteiger partial charge in [-0.1, -0.05) is 6.07 Å². The van der Waals surface area contributed by atoms with E-state index in [0.29, 0.717) is 42.5 Å². The van der Waals surface area contributed by atoms with Crippen LogP contribution in [-0.4, -0.2) is 30.1 Å².